The molecule has 0 radical (unpaired) electrons. The third-order valence-corrected chi connectivity index (χ3v) is 2.97. The maximum absolute atomic E-state index is 9.26. The van der Waals surface area contributed by atoms with E-state index in [-0.39, 0.29) is 5.75 Å². The average molecular weight is 294 g/mol. The first kappa shape index (κ1) is 11.8. The summed E-state index contributed by atoms with van der Waals surface area (Å²) < 4.78 is 6.34. The first-order valence-corrected chi connectivity index (χ1v) is 5.91. The molecule has 0 saturated heterocycles. The molecule has 0 aliphatic heterocycles. The van der Waals surface area contributed by atoms with Crippen LogP contribution in [0, 0.1) is 0 Å². The molecular weight excluding hydrogens is 282 g/mol. The molecule has 0 atom stereocenters. The summed E-state index contributed by atoms with van der Waals surface area (Å²) in [5, 5.41) is 9.26. The van der Waals surface area contributed by atoms with E-state index in [2.05, 4.69) is 15.9 Å². The van der Waals surface area contributed by atoms with Crippen LogP contribution in [0.25, 0.3) is 0 Å². The van der Waals surface area contributed by atoms with Crippen molar-refractivity contribution in [3.8, 4) is 11.5 Å². The number of halogens is 1. The lowest BCUT2D eigenvalue weighted by Crippen LogP contribution is -2.00. The van der Waals surface area contributed by atoms with Gasteiger partial charge in [0.1, 0.15) is 18.1 Å². The monoisotopic (exact) mass is 293 g/mol. The average Bonchev–Trinajstić information content (AvgIpc) is 2.30. The quantitative estimate of drug-likeness (QED) is 0.854. The Kier molecular flexibility index (Phi) is 3.54. The van der Waals surface area contributed by atoms with E-state index in [0.717, 1.165) is 5.56 Å². The van der Waals surface area contributed by atoms with Gasteiger partial charge in [-0.3, -0.25) is 0 Å². The molecular formula is C13H12BrNO2. The van der Waals surface area contributed by atoms with Gasteiger partial charge in [0, 0.05) is 11.3 Å². The molecule has 2 aromatic rings. The Bertz CT molecular complexity index is 529. The number of rotatable bonds is 3. The molecule has 3 nitrogen and oxygen atoms in total. The number of aromatic hydroxyl groups is 1. The molecule has 17 heavy (non-hydrogen) atoms. The Morgan fingerprint density at radius 3 is 2.65 bits per heavy atom. The maximum atomic E-state index is 9.26. The molecule has 2 aromatic carbocycles. The fraction of sp³-hybridized carbons (Fsp3) is 0.0769. The van der Waals surface area contributed by atoms with Crippen LogP contribution in [-0.2, 0) is 6.61 Å². The minimum Gasteiger partial charge on any atom is -0.508 e. The van der Waals surface area contributed by atoms with Crippen LogP contribution in [0.5, 0.6) is 11.5 Å². The normalized spacial score (nSPS) is 10.2. The van der Waals surface area contributed by atoms with Crippen molar-refractivity contribution in [2.75, 3.05) is 5.73 Å². The van der Waals surface area contributed by atoms with Crippen molar-refractivity contribution in [3.63, 3.8) is 0 Å². The largest absolute Gasteiger partial charge is 0.508 e. The topological polar surface area (TPSA) is 55.5 Å². The second-order valence-electron chi connectivity index (χ2n) is 3.60. The molecule has 0 spiro atoms. The van der Waals surface area contributed by atoms with Crippen LogP contribution in [0.2, 0.25) is 0 Å². The Balaban J connectivity index is 2.10. The van der Waals surface area contributed by atoms with E-state index in [1.165, 1.54) is 0 Å². The first-order valence-electron chi connectivity index (χ1n) is 5.11. The van der Waals surface area contributed by atoms with Crippen molar-refractivity contribution < 1.29 is 9.84 Å². The standard InChI is InChI=1S/C13H12BrNO2/c14-11-7-10(16)5-6-13(11)17-8-9-3-1-2-4-12(9)15/h1-7,16H,8,15H2. The number of anilines is 1. The zero-order chi connectivity index (χ0) is 12.3. The highest BCUT2D eigenvalue weighted by molar-refractivity contribution is 9.10. The number of nitrogen functional groups attached to an aromatic ring is 1. The highest BCUT2D eigenvalue weighted by Gasteiger charge is 2.04. The minimum absolute atomic E-state index is 0.198. The molecule has 0 amide bonds. The van der Waals surface area contributed by atoms with Crippen LogP contribution in [0.4, 0.5) is 5.69 Å². The van der Waals surface area contributed by atoms with Gasteiger partial charge in [-0.1, -0.05) is 18.2 Å². The SMILES string of the molecule is Nc1ccccc1COc1ccc(O)cc1Br. The number of benzene rings is 2. The minimum atomic E-state index is 0.198. The van der Waals surface area contributed by atoms with Crippen LogP contribution < -0.4 is 10.5 Å². The van der Waals surface area contributed by atoms with E-state index in [4.69, 9.17) is 10.5 Å². The molecule has 0 fully saturated rings. The van der Waals surface area contributed by atoms with E-state index < -0.39 is 0 Å². The predicted molar refractivity (Wildman–Crippen MR) is 71.0 cm³/mol. The summed E-state index contributed by atoms with van der Waals surface area (Å²) in [6.07, 6.45) is 0. The molecule has 88 valence electrons. The van der Waals surface area contributed by atoms with E-state index in [9.17, 15) is 5.11 Å². The summed E-state index contributed by atoms with van der Waals surface area (Å²) >= 11 is 3.32. The highest BCUT2D eigenvalue weighted by Crippen LogP contribution is 2.29. The number of hydrogen-bond acceptors (Lipinski definition) is 3. The molecule has 0 bridgehead atoms. The lowest BCUT2D eigenvalue weighted by Gasteiger charge is -2.10. The summed E-state index contributed by atoms with van der Waals surface area (Å²) in [5.41, 5.74) is 7.46. The Labute approximate surface area is 108 Å². The van der Waals surface area contributed by atoms with Gasteiger partial charge in [-0.2, -0.15) is 0 Å². The molecule has 0 aromatic heterocycles. The zero-order valence-corrected chi connectivity index (χ0v) is 10.6. The molecule has 0 unspecified atom stereocenters. The Hall–Kier alpha value is -1.68. The van der Waals surface area contributed by atoms with Crippen molar-refractivity contribution >= 4 is 21.6 Å². The van der Waals surface area contributed by atoms with Crippen LogP contribution >= 0.6 is 15.9 Å². The Morgan fingerprint density at radius 2 is 1.94 bits per heavy atom. The summed E-state index contributed by atoms with van der Waals surface area (Å²) in [4.78, 5) is 0. The van der Waals surface area contributed by atoms with Gasteiger partial charge < -0.3 is 15.6 Å². The number of phenolic OH excluding ortho intramolecular Hbond substituents is 1. The van der Waals surface area contributed by atoms with Crippen molar-refractivity contribution in [3.05, 3.63) is 52.5 Å². The first-order chi connectivity index (χ1) is 8.16. The molecule has 3 N–H and O–H groups in total. The molecule has 2 rings (SSSR count). The van der Waals surface area contributed by atoms with Crippen molar-refractivity contribution in [2.24, 2.45) is 0 Å². The molecule has 0 aliphatic rings. The van der Waals surface area contributed by atoms with Gasteiger partial charge in [0.15, 0.2) is 0 Å². The van der Waals surface area contributed by atoms with E-state index in [0.29, 0.717) is 22.5 Å². The predicted octanol–water partition coefficient (Wildman–Crippen LogP) is 3.32. The van der Waals surface area contributed by atoms with Gasteiger partial charge in [-0.05, 0) is 40.2 Å². The van der Waals surface area contributed by atoms with Gasteiger partial charge in [0.05, 0.1) is 4.47 Å². The lowest BCUT2D eigenvalue weighted by atomic mass is 10.2. The molecule has 0 aliphatic carbocycles. The summed E-state index contributed by atoms with van der Waals surface area (Å²) in [7, 11) is 0. The summed E-state index contributed by atoms with van der Waals surface area (Å²) in [6.45, 7) is 0.399. The fourth-order valence-electron chi connectivity index (χ4n) is 1.43. The van der Waals surface area contributed by atoms with Crippen LogP contribution in [-0.4, -0.2) is 5.11 Å². The van der Waals surface area contributed by atoms with Crippen LogP contribution in [0.15, 0.2) is 46.9 Å². The van der Waals surface area contributed by atoms with Gasteiger partial charge in [-0.25, -0.2) is 0 Å². The third-order valence-electron chi connectivity index (χ3n) is 2.35. The number of nitrogens with two attached hydrogens (primary N) is 1. The van der Waals surface area contributed by atoms with E-state index >= 15 is 0 Å². The van der Waals surface area contributed by atoms with Crippen molar-refractivity contribution in [1.29, 1.82) is 0 Å². The Morgan fingerprint density at radius 1 is 1.18 bits per heavy atom. The maximum Gasteiger partial charge on any atom is 0.134 e. The van der Waals surface area contributed by atoms with Crippen molar-refractivity contribution in [2.45, 2.75) is 6.61 Å². The number of hydrogen-bond donors (Lipinski definition) is 2. The number of para-hydroxylation sites is 1. The van der Waals surface area contributed by atoms with Gasteiger partial charge >= 0.3 is 0 Å². The lowest BCUT2D eigenvalue weighted by molar-refractivity contribution is 0.304. The van der Waals surface area contributed by atoms with Gasteiger partial charge in [0.25, 0.3) is 0 Å². The highest BCUT2D eigenvalue weighted by atomic mass is 79.9. The summed E-state index contributed by atoms with van der Waals surface area (Å²) in [6, 6.07) is 12.4. The van der Waals surface area contributed by atoms with Gasteiger partial charge in [-0.15, -0.1) is 0 Å². The summed E-state index contributed by atoms with van der Waals surface area (Å²) in [5.74, 6) is 0.870. The van der Waals surface area contributed by atoms with E-state index in [1.54, 1.807) is 18.2 Å². The molecule has 4 heteroatoms. The second-order valence-corrected chi connectivity index (χ2v) is 4.46. The third kappa shape index (κ3) is 2.91. The molecule has 0 saturated carbocycles. The number of ether oxygens (including phenoxy) is 1. The number of phenols is 1. The van der Waals surface area contributed by atoms with E-state index in [1.807, 2.05) is 24.3 Å². The fourth-order valence-corrected chi connectivity index (χ4v) is 1.91. The van der Waals surface area contributed by atoms with Gasteiger partial charge in [0.2, 0.25) is 0 Å². The smallest absolute Gasteiger partial charge is 0.134 e. The molecule has 0 heterocycles. The second kappa shape index (κ2) is 5.10. The van der Waals surface area contributed by atoms with Crippen molar-refractivity contribution in [1.82, 2.24) is 0 Å². The van der Waals surface area contributed by atoms with Crippen LogP contribution in [0.3, 0.4) is 0 Å². The zero-order valence-electron chi connectivity index (χ0n) is 9.06. The van der Waals surface area contributed by atoms with Crippen LogP contribution in [0.1, 0.15) is 5.56 Å².